The average molecular weight is 393 g/mol. The monoisotopic (exact) mass is 393 g/mol. The molecule has 4 rings (SSSR count). The molecular formula is C22H23N3O4. The van der Waals surface area contributed by atoms with Gasteiger partial charge in [0, 0.05) is 19.2 Å². The second-order valence-corrected chi connectivity index (χ2v) is 7.16. The summed E-state index contributed by atoms with van der Waals surface area (Å²) in [4.78, 5) is 33.8. The zero-order valence-corrected chi connectivity index (χ0v) is 16.3. The number of carbonyl (C=O) groups excluding carboxylic acids is 1. The van der Waals surface area contributed by atoms with E-state index in [4.69, 9.17) is 9.47 Å². The third-order valence-electron chi connectivity index (χ3n) is 4.94. The smallest absolute Gasteiger partial charge is 0.258 e. The van der Waals surface area contributed by atoms with E-state index in [1.54, 1.807) is 43.4 Å². The van der Waals surface area contributed by atoms with Gasteiger partial charge in [0.15, 0.2) is 0 Å². The number of hydrogen-bond donors (Lipinski definition) is 1. The summed E-state index contributed by atoms with van der Waals surface area (Å²) in [6.07, 6.45) is 2.17. The van der Waals surface area contributed by atoms with Crippen LogP contribution in [0.4, 0.5) is 0 Å². The SMILES string of the molecule is CN(Cc1nc2ccccc2c(=O)[nH]1)C(=O)c1cccc(OCC2CCCO2)c1. The van der Waals surface area contributed by atoms with Gasteiger partial charge in [-0.15, -0.1) is 0 Å². The Hall–Kier alpha value is -3.19. The third kappa shape index (κ3) is 4.46. The Bertz CT molecular complexity index is 1070. The second kappa shape index (κ2) is 8.45. The zero-order valence-electron chi connectivity index (χ0n) is 16.3. The van der Waals surface area contributed by atoms with Crippen molar-refractivity contribution >= 4 is 16.8 Å². The molecule has 0 bridgehead atoms. The molecule has 2 heterocycles. The molecule has 1 fully saturated rings. The molecule has 1 saturated heterocycles. The number of carbonyl (C=O) groups is 1. The molecule has 1 atom stereocenters. The van der Waals surface area contributed by atoms with Crippen molar-refractivity contribution in [2.24, 2.45) is 0 Å². The fraction of sp³-hybridized carbons (Fsp3) is 0.318. The van der Waals surface area contributed by atoms with Crippen LogP contribution in [0.2, 0.25) is 0 Å². The molecule has 3 aromatic rings. The highest BCUT2D eigenvalue weighted by Gasteiger charge is 2.17. The van der Waals surface area contributed by atoms with Crippen LogP contribution in [0.5, 0.6) is 5.75 Å². The first-order valence-electron chi connectivity index (χ1n) is 9.68. The van der Waals surface area contributed by atoms with Crippen molar-refractivity contribution < 1.29 is 14.3 Å². The molecule has 7 nitrogen and oxygen atoms in total. The van der Waals surface area contributed by atoms with Crippen molar-refractivity contribution in [3.63, 3.8) is 0 Å². The molecule has 0 radical (unpaired) electrons. The first-order valence-corrected chi connectivity index (χ1v) is 9.68. The van der Waals surface area contributed by atoms with Gasteiger partial charge in [-0.25, -0.2) is 4.98 Å². The normalized spacial score (nSPS) is 16.1. The Labute approximate surface area is 168 Å². The number of rotatable bonds is 6. The fourth-order valence-corrected chi connectivity index (χ4v) is 3.41. The van der Waals surface area contributed by atoms with Crippen LogP contribution in [0, 0.1) is 0 Å². The van der Waals surface area contributed by atoms with Gasteiger partial charge in [0.25, 0.3) is 11.5 Å². The quantitative estimate of drug-likeness (QED) is 0.696. The van der Waals surface area contributed by atoms with Gasteiger partial charge >= 0.3 is 0 Å². The Morgan fingerprint density at radius 1 is 1.28 bits per heavy atom. The summed E-state index contributed by atoms with van der Waals surface area (Å²) in [5.41, 5.74) is 0.910. The summed E-state index contributed by atoms with van der Waals surface area (Å²) >= 11 is 0. The molecule has 0 aliphatic carbocycles. The van der Waals surface area contributed by atoms with E-state index in [0.717, 1.165) is 19.4 Å². The van der Waals surface area contributed by atoms with Crippen molar-refractivity contribution in [1.29, 1.82) is 0 Å². The highest BCUT2D eigenvalue weighted by Crippen LogP contribution is 2.18. The van der Waals surface area contributed by atoms with Crippen molar-refractivity contribution in [2.45, 2.75) is 25.5 Å². The predicted molar refractivity (Wildman–Crippen MR) is 109 cm³/mol. The van der Waals surface area contributed by atoms with Gasteiger partial charge < -0.3 is 19.4 Å². The lowest BCUT2D eigenvalue weighted by Gasteiger charge is -2.17. The first-order chi connectivity index (χ1) is 14.1. The Morgan fingerprint density at radius 3 is 2.97 bits per heavy atom. The number of hydrogen-bond acceptors (Lipinski definition) is 5. The number of benzene rings is 2. The largest absolute Gasteiger partial charge is 0.491 e. The standard InChI is InChI=1S/C22H23N3O4/c1-25(13-20-23-19-10-3-2-9-18(19)21(26)24-20)22(27)15-6-4-7-16(12-15)29-14-17-8-5-11-28-17/h2-4,6-7,9-10,12,17H,5,8,11,13-14H2,1H3,(H,23,24,26). The number of amides is 1. The van der Waals surface area contributed by atoms with Gasteiger partial charge in [0.05, 0.1) is 23.6 Å². The molecule has 1 aliphatic heterocycles. The molecule has 1 aromatic heterocycles. The van der Waals surface area contributed by atoms with Crippen LogP contribution in [-0.2, 0) is 11.3 Å². The number of aromatic nitrogens is 2. The molecule has 1 N–H and O–H groups in total. The lowest BCUT2D eigenvalue weighted by atomic mass is 10.2. The number of fused-ring (bicyclic) bond motifs is 1. The summed E-state index contributed by atoms with van der Waals surface area (Å²) in [5.74, 6) is 0.899. The fourth-order valence-electron chi connectivity index (χ4n) is 3.41. The lowest BCUT2D eigenvalue weighted by Crippen LogP contribution is -2.28. The molecular weight excluding hydrogens is 370 g/mol. The second-order valence-electron chi connectivity index (χ2n) is 7.16. The molecule has 29 heavy (non-hydrogen) atoms. The number of ether oxygens (including phenoxy) is 2. The predicted octanol–water partition coefficient (Wildman–Crippen LogP) is 2.75. The summed E-state index contributed by atoms with van der Waals surface area (Å²) < 4.78 is 11.3. The summed E-state index contributed by atoms with van der Waals surface area (Å²) in [5, 5.41) is 0.529. The minimum absolute atomic E-state index is 0.118. The maximum atomic E-state index is 12.8. The molecule has 0 spiro atoms. The third-order valence-corrected chi connectivity index (χ3v) is 4.94. The van der Waals surface area contributed by atoms with Crippen molar-refractivity contribution in [3.8, 4) is 5.75 Å². The number of nitrogens with one attached hydrogen (secondary N) is 1. The number of aromatic amines is 1. The van der Waals surface area contributed by atoms with Crippen LogP contribution < -0.4 is 10.3 Å². The number of H-pyrrole nitrogens is 1. The average Bonchev–Trinajstić information content (AvgIpc) is 3.26. The van der Waals surface area contributed by atoms with Crippen molar-refractivity contribution in [1.82, 2.24) is 14.9 Å². The van der Waals surface area contributed by atoms with Gasteiger partial charge in [-0.1, -0.05) is 18.2 Å². The maximum absolute atomic E-state index is 12.8. The van der Waals surface area contributed by atoms with E-state index >= 15 is 0 Å². The molecule has 150 valence electrons. The Morgan fingerprint density at radius 2 is 2.14 bits per heavy atom. The Balaban J connectivity index is 1.45. The van der Waals surface area contributed by atoms with Crippen LogP contribution in [0.3, 0.4) is 0 Å². The van der Waals surface area contributed by atoms with E-state index < -0.39 is 0 Å². The summed E-state index contributed by atoms with van der Waals surface area (Å²) in [6.45, 7) is 1.46. The maximum Gasteiger partial charge on any atom is 0.258 e. The van der Waals surface area contributed by atoms with E-state index in [1.807, 2.05) is 12.1 Å². The van der Waals surface area contributed by atoms with Gasteiger partial charge in [0.1, 0.15) is 18.2 Å². The first kappa shape index (κ1) is 19.1. The number of nitrogens with zero attached hydrogens (tertiary/aromatic N) is 2. The van der Waals surface area contributed by atoms with Gasteiger partial charge in [-0.05, 0) is 43.2 Å². The molecule has 0 saturated carbocycles. The topological polar surface area (TPSA) is 84.5 Å². The molecule has 2 aromatic carbocycles. The lowest BCUT2D eigenvalue weighted by molar-refractivity contribution is 0.0678. The molecule has 1 aliphatic rings. The molecule has 1 amide bonds. The van der Waals surface area contributed by atoms with Crippen LogP contribution in [0.1, 0.15) is 29.0 Å². The van der Waals surface area contributed by atoms with E-state index in [0.29, 0.717) is 34.6 Å². The summed E-state index contributed by atoms with van der Waals surface area (Å²) in [6, 6.07) is 14.2. The van der Waals surface area contributed by atoms with Gasteiger partial charge in [0.2, 0.25) is 0 Å². The van der Waals surface area contributed by atoms with Crippen molar-refractivity contribution in [2.75, 3.05) is 20.3 Å². The van der Waals surface area contributed by atoms with E-state index in [9.17, 15) is 9.59 Å². The van der Waals surface area contributed by atoms with Crippen LogP contribution in [-0.4, -0.2) is 47.1 Å². The highest BCUT2D eigenvalue weighted by molar-refractivity contribution is 5.94. The molecule has 1 unspecified atom stereocenters. The van der Waals surface area contributed by atoms with E-state index in [-0.39, 0.29) is 24.1 Å². The number of para-hydroxylation sites is 1. The van der Waals surface area contributed by atoms with Crippen LogP contribution >= 0.6 is 0 Å². The van der Waals surface area contributed by atoms with Crippen molar-refractivity contribution in [3.05, 3.63) is 70.3 Å². The minimum Gasteiger partial charge on any atom is -0.491 e. The highest BCUT2D eigenvalue weighted by atomic mass is 16.5. The summed E-state index contributed by atoms with van der Waals surface area (Å²) in [7, 11) is 1.68. The minimum atomic E-state index is -0.212. The van der Waals surface area contributed by atoms with Gasteiger partial charge in [-0.3, -0.25) is 9.59 Å². The Kier molecular flexibility index (Phi) is 5.57. The van der Waals surface area contributed by atoms with Crippen LogP contribution in [0.15, 0.2) is 53.3 Å². The zero-order chi connectivity index (χ0) is 20.2. The van der Waals surface area contributed by atoms with E-state index in [1.165, 1.54) is 4.90 Å². The molecule has 7 heteroatoms. The van der Waals surface area contributed by atoms with Gasteiger partial charge in [-0.2, -0.15) is 0 Å². The van der Waals surface area contributed by atoms with E-state index in [2.05, 4.69) is 9.97 Å². The van der Waals surface area contributed by atoms with Crippen LogP contribution in [0.25, 0.3) is 10.9 Å².